The Morgan fingerprint density at radius 2 is 1.36 bits per heavy atom. The van der Waals surface area contributed by atoms with E-state index in [0.717, 1.165) is 11.1 Å². The number of likely N-dealkylation sites (tertiary alicyclic amines) is 1. The fourth-order valence-corrected chi connectivity index (χ4v) is 6.94. The first-order valence-electron chi connectivity index (χ1n) is 19.6. The Balaban J connectivity index is 1.84. The lowest BCUT2D eigenvalue weighted by Crippen LogP contribution is -2.59. The molecule has 1 aliphatic heterocycles. The van der Waals surface area contributed by atoms with E-state index in [4.69, 9.17) is 9.47 Å². The average molecular weight is 825 g/mol. The topological polar surface area (TPSA) is 201 Å². The SMILES string of the molecule is COC(=O)C(CCSC)NC(=O)C(CC(C)C)NC(=O)C1CCCN1C(=O)C(Cc1ccccc1)NC(=O)C(Cc1ccccc1)NC(=O)CNC(=O)OC(C)(C)C. The lowest BCUT2D eigenvalue weighted by Gasteiger charge is -2.31. The van der Waals surface area contributed by atoms with Crippen LogP contribution < -0.4 is 26.6 Å². The van der Waals surface area contributed by atoms with Gasteiger partial charge in [-0.2, -0.15) is 11.8 Å². The predicted octanol–water partition coefficient (Wildman–Crippen LogP) is 2.90. The molecule has 1 heterocycles. The maximum absolute atomic E-state index is 14.5. The van der Waals surface area contributed by atoms with Crippen molar-refractivity contribution in [2.24, 2.45) is 5.92 Å². The standard InChI is InChI=1S/C42H60N6O9S/c1-27(2)23-31(36(50)45-30(20-22-58-7)40(54)56-6)46-38(52)34-19-14-21-48(34)39(53)33(25-29-17-12-9-13-18-29)47-37(51)32(24-28-15-10-8-11-16-28)44-35(49)26-43-41(55)57-42(3,4)5/h8-13,15-18,27,30-34H,14,19-26H2,1-7H3,(H,43,55)(H,44,49)(H,45,50)(H,46,52)(H,47,51). The zero-order valence-electron chi connectivity index (χ0n) is 34.6. The predicted molar refractivity (Wildman–Crippen MR) is 221 cm³/mol. The molecule has 16 heteroatoms. The number of hydrogen-bond donors (Lipinski definition) is 5. The molecule has 3 rings (SSSR count). The molecule has 1 saturated heterocycles. The smallest absolute Gasteiger partial charge is 0.408 e. The Morgan fingerprint density at radius 1 is 0.793 bits per heavy atom. The summed E-state index contributed by atoms with van der Waals surface area (Å²) in [5, 5.41) is 13.5. The third-order valence-corrected chi connectivity index (χ3v) is 9.86. The fourth-order valence-electron chi connectivity index (χ4n) is 6.47. The minimum atomic E-state index is -1.14. The fraction of sp³-hybridized carbons (Fsp3) is 0.548. The number of nitrogens with zero attached hydrogens (tertiary/aromatic N) is 1. The highest BCUT2D eigenvalue weighted by molar-refractivity contribution is 7.98. The van der Waals surface area contributed by atoms with E-state index < -0.39 is 84.0 Å². The van der Waals surface area contributed by atoms with E-state index in [1.54, 1.807) is 45.0 Å². The quantitative estimate of drug-likeness (QED) is 0.124. The number of thioether (sulfide) groups is 1. The summed E-state index contributed by atoms with van der Waals surface area (Å²) >= 11 is 1.52. The molecule has 0 aromatic heterocycles. The first-order chi connectivity index (χ1) is 27.5. The van der Waals surface area contributed by atoms with Crippen molar-refractivity contribution in [3.63, 3.8) is 0 Å². The van der Waals surface area contributed by atoms with Crippen molar-refractivity contribution in [3.05, 3.63) is 71.8 Å². The normalized spacial score (nSPS) is 15.9. The highest BCUT2D eigenvalue weighted by Crippen LogP contribution is 2.21. The van der Waals surface area contributed by atoms with E-state index >= 15 is 0 Å². The van der Waals surface area contributed by atoms with Crippen molar-refractivity contribution in [3.8, 4) is 0 Å². The summed E-state index contributed by atoms with van der Waals surface area (Å²) in [6.07, 6.45) is 2.73. The monoisotopic (exact) mass is 824 g/mol. The third kappa shape index (κ3) is 16.0. The van der Waals surface area contributed by atoms with Gasteiger partial charge in [-0.1, -0.05) is 74.5 Å². The molecular formula is C42H60N6O9S. The second kappa shape index (κ2) is 23.3. The Labute approximate surface area is 345 Å². The summed E-state index contributed by atoms with van der Waals surface area (Å²) in [5.41, 5.74) is 0.716. The molecule has 5 atom stereocenters. The number of rotatable bonds is 20. The minimum absolute atomic E-state index is 0.00279. The van der Waals surface area contributed by atoms with Gasteiger partial charge in [-0.25, -0.2) is 9.59 Å². The van der Waals surface area contributed by atoms with Gasteiger partial charge in [-0.3, -0.25) is 24.0 Å². The van der Waals surface area contributed by atoms with Crippen molar-refractivity contribution < 1.29 is 43.0 Å². The van der Waals surface area contributed by atoms with Crippen molar-refractivity contribution in [2.45, 2.75) is 109 Å². The Bertz CT molecular complexity index is 1690. The zero-order valence-corrected chi connectivity index (χ0v) is 35.4. The summed E-state index contributed by atoms with van der Waals surface area (Å²) < 4.78 is 10.1. The Kier molecular flexibility index (Phi) is 19.0. The van der Waals surface area contributed by atoms with Crippen LogP contribution >= 0.6 is 11.8 Å². The first kappa shape index (κ1) is 47.3. The van der Waals surface area contributed by atoms with Crippen molar-refractivity contribution in [1.29, 1.82) is 0 Å². The molecule has 0 spiro atoms. The lowest BCUT2D eigenvalue weighted by atomic mass is 10.0. The third-order valence-electron chi connectivity index (χ3n) is 9.22. The van der Waals surface area contributed by atoms with Gasteiger partial charge in [0.2, 0.25) is 29.5 Å². The molecule has 318 valence electrons. The van der Waals surface area contributed by atoms with Crippen LogP contribution in [0.15, 0.2) is 60.7 Å². The molecule has 1 aliphatic rings. The van der Waals surface area contributed by atoms with Gasteiger partial charge in [0.1, 0.15) is 42.4 Å². The van der Waals surface area contributed by atoms with Gasteiger partial charge in [0, 0.05) is 19.4 Å². The van der Waals surface area contributed by atoms with E-state index in [1.807, 2.05) is 56.5 Å². The number of nitrogens with one attached hydrogen (secondary N) is 5. The van der Waals surface area contributed by atoms with Crippen LogP contribution in [0, 0.1) is 5.92 Å². The molecule has 15 nitrogen and oxygen atoms in total. The van der Waals surface area contributed by atoms with Crippen LogP contribution in [-0.4, -0.2) is 115 Å². The van der Waals surface area contributed by atoms with Gasteiger partial charge in [-0.05, 0) is 75.5 Å². The molecule has 2 aromatic carbocycles. The second-order valence-electron chi connectivity index (χ2n) is 15.7. The maximum Gasteiger partial charge on any atom is 0.408 e. The van der Waals surface area contributed by atoms with Gasteiger partial charge >= 0.3 is 12.1 Å². The molecule has 1 fully saturated rings. The van der Waals surface area contributed by atoms with Gasteiger partial charge in [-0.15, -0.1) is 0 Å². The molecule has 5 unspecified atom stereocenters. The van der Waals surface area contributed by atoms with Crippen LogP contribution in [-0.2, 0) is 51.1 Å². The van der Waals surface area contributed by atoms with E-state index in [-0.39, 0.29) is 31.7 Å². The molecule has 2 aromatic rings. The number of carbonyl (C=O) groups is 7. The van der Waals surface area contributed by atoms with E-state index in [0.29, 0.717) is 25.0 Å². The van der Waals surface area contributed by atoms with Crippen LogP contribution in [0.3, 0.4) is 0 Å². The Hall–Kier alpha value is -5.12. The van der Waals surface area contributed by atoms with Gasteiger partial charge in [0.05, 0.1) is 7.11 Å². The van der Waals surface area contributed by atoms with Crippen molar-refractivity contribution >= 4 is 53.4 Å². The molecule has 5 N–H and O–H groups in total. The highest BCUT2D eigenvalue weighted by Gasteiger charge is 2.40. The summed E-state index contributed by atoms with van der Waals surface area (Å²) in [6, 6.07) is 13.0. The summed E-state index contributed by atoms with van der Waals surface area (Å²) in [5.74, 6) is -2.82. The van der Waals surface area contributed by atoms with Crippen LogP contribution in [0.5, 0.6) is 0 Å². The molecule has 0 radical (unpaired) electrons. The van der Waals surface area contributed by atoms with Crippen molar-refractivity contribution in [1.82, 2.24) is 31.5 Å². The second-order valence-corrected chi connectivity index (χ2v) is 16.6. The van der Waals surface area contributed by atoms with Gasteiger partial charge < -0.3 is 41.0 Å². The first-order valence-corrected chi connectivity index (χ1v) is 21.0. The molecule has 0 saturated carbocycles. The number of methoxy groups -OCH3 is 1. The largest absolute Gasteiger partial charge is 0.467 e. The van der Waals surface area contributed by atoms with Crippen LogP contribution in [0.2, 0.25) is 0 Å². The van der Waals surface area contributed by atoms with Gasteiger partial charge in [0.25, 0.3) is 0 Å². The zero-order chi connectivity index (χ0) is 42.8. The molecule has 58 heavy (non-hydrogen) atoms. The number of alkyl carbamates (subject to hydrolysis) is 1. The van der Waals surface area contributed by atoms with Crippen LogP contribution in [0.1, 0.15) is 71.4 Å². The lowest BCUT2D eigenvalue weighted by molar-refractivity contribution is -0.146. The number of esters is 1. The number of ether oxygens (including phenoxy) is 2. The average Bonchev–Trinajstić information content (AvgIpc) is 3.67. The van der Waals surface area contributed by atoms with Crippen molar-refractivity contribution in [2.75, 3.05) is 32.2 Å². The van der Waals surface area contributed by atoms with Crippen LogP contribution in [0.4, 0.5) is 4.79 Å². The van der Waals surface area contributed by atoms with E-state index in [1.165, 1.54) is 23.8 Å². The molecular weight excluding hydrogens is 765 g/mol. The van der Waals surface area contributed by atoms with Gasteiger partial charge in [0.15, 0.2) is 0 Å². The molecule has 0 aliphatic carbocycles. The van der Waals surface area contributed by atoms with E-state index in [2.05, 4.69) is 26.6 Å². The number of carbonyl (C=O) groups excluding carboxylic acids is 7. The van der Waals surface area contributed by atoms with E-state index in [9.17, 15) is 33.6 Å². The minimum Gasteiger partial charge on any atom is -0.467 e. The summed E-state index contributed by atoms with van der Waals surface area (Å²) in [4.78, 5) is 95.3. The number of amides is 6. The Morgan fingerprint density at radius 3 is 1.91 bits per heavy atom. The summed E-state index contributed by atoms with van der Waals surface area (Å²) in [7, 11) is 1.25. The summed E-state index contributed by atoms with van der Waals surface area (Å²) in [6.45, 7) is 8.67. The number of hydrogen-bond acceptors (Lipinski definition) is 10. The maximum atomic E-state index is 14.5. The number of benzene rings is 2. The molecule has 6 amide bonds. The highest BCUT2D eigenvalue weighted by atomic mass is 32.2. The van der Waals surface area contributed by atoms with Crippen LogP contribution in [0.25, 0.3) is 0 Å². The molecule has 0 bridgehead atoms.